The largest absolute Gasteiger partial charge is 0.462 e. The molecule has 0 atom stereocenters. The Balaban J connectivity index is 2.39. The normalized spacial score (nSPS) is 11.2. The quantitative estimate of drug-likeness (QED) is 0.208. The third kappa shape index (κ3) is 3.77. The molecular weight excluding hydrogens is 329 g/mol. The van der Waals surface area contributed by atoms with Crippen LogP contribution in [0.2, 0.25) is 0 Å². The summed E-state index contributed by atoms with van der Waals surface area (Å²) < 4.78 is 44.7. The van der Waals surface area contributed by atoms with Gasteiger partial charge in [-0.25, -0.2) is 18.0 Å². The molecule has 2 aromatic rings. The van der Waals surface area contributed by atoms with E-state index in [-0.39, 0.29) is 18.5 Å². The van der Waals surface area contributed by atoms with Crippen molar-refractivity contribution in [2.24, 2.45) is 0 Å². The lowest BCUT2D eigenvalue weighted by Crippen LogP contribution is -2.19. The summed E-state index contributed by atoms with van der Waals surface area (Å²) in [5.41, 5.74) is -1.43. The Bertz CT molecular complexity index is 791. The first-order valence-electron chi connectivity index (χ1n) is 6.63. The second-order valence-electron chi connectivity index (χ2n) is 4.36. The predicted molar refractivity (Wildman–Crippen MR) is 75.4 cm³/mol. The summed E-state index contributed by atoms with van der Waals surface area (Å²) in [6.07, 6.45) is 2.24. The van der Waals surface area contributed by atoms with Crippen LogP contribution in [0.25, 0.3) is 0 Å². The van der Waals surface area contributed by atoms with Gasteiger partial charge in [0.2, 0.25) is 5.78 Å². The number of nitrogens with one attached hydrogen (secondary N) is 2. The zero-order valence-electron chi connectivity index (χ0n) is 12.3. The summed E-state index contributed by atoms with van der Waals surface area (Å²) >= 11 is 0. The number of halogens is 3. The minimum absolute atomic E-state index is 0.0479. The number of carbonyl (C=O) groups excluding carboxylic acids is 2. The van der Waals surface area contributed by atoms with Gasteiger partial charge in [0, 0.05) is 12.3 Å². The molecule has 0 aliphatic carbocycles. The van der Waals surface area contributed by atoms with Crippen molar-refractivity contribution in [3.05, 3.63) is 53.1 Å². The van der Waals surface area contributed by atoms with E-state index in [9.17, 15) is 22.8 Å². The predicted octanol–water partition coefficient (Wildman–Crippen LogP) is 1.96. The van der Waals surface area contributed by atoms with Gasteiger partial charge in [-0.3, -0.25) is 9.89 Å². The number of ketones is 1. The number of hydrogen-bond acceptors (Lipinski definition) is 6. The molecular formula is C14H11F3N4O3. The third-order valence-electron chi connectivity index (χ3n) is 2.78. The molecule has 0 amide bonds. The molecule has 0 saturated carbocycles. The van der Waals surface area contributed by atoms with Crippen molar-refractivity contribution in [2.45, 2.75) is 6.92 Å². The lowest BCUT2D eigenvalue weighted by atomic mass is 10.0. The van der Waals surface area contributed by atoms with Crippen LogP contribution in [0, 0.1) is 17.5 Å². The van der Waals surface area contributed by atoms with Crippen molar-refractivity contribution in [1.82, 2.24) is 15.4 Å². The fourth-order valence-electron chi connectivity index (χ4n) is 1.69. The summed E-state index contributed by atoms with van der Waals surface area (Å²) in [5.74, 6) is -6.27. The van der Waals surface area contributed by atoms with E-state index in [0.717, 1.165) is 6.20 Å². The molecule has 2 rings (SSSR count). The van der Waals surface area contributed by atoms with Gasteiger partial charge in [0.05, 0.1) is 18.4 Å². The topological polar surface area (TPSA) is 97.0 Å². The summed E-state index contributed by atoms with van der Waals surface area (Å²) in [6.45, 7) is 1.46. The highest BCUT2D eigenvalue weighted by atomic mass is 19.2. The van der Waals surface area contributed by atoms with Crippen molar-refractivity contribution in [1.29, 1.82) is 0 Å². The first kappa shape index (κ1) is 17.2. The van der Waals surface area contributed by atoms with Crippen LogP contribution >= 0.6 is 0 Å². The van der Waals surface area contributed by atoms with Gasteiger partial charge in [0.25, 0.3) is 0 Å². The second-order valence-corrected chi connectivity index (χ2v) is 4.36. The molecule has 24 heavy (non-hydrogen) atoms. The van der Waals surface area contributed by atoms with Crippen molar-refractivity contribution in [3.63, 3.8) is 0 Å². The molecule has 0 unspecified atom stereocenters. The fraction of sp³-hybridized carbons (Fsp3) is 0.143. The SMILES string of the molecule is CCOC(=O)C(=CNc1c[nH]nn1)C(=O)c1cc(F)c(F)cc1F. The number of ether oxygens (including phenoxy) is 1. The van der Waals surface area contributed by atoms with E-state index in [0.29, 0.717) is 6.07 Å². The highest BCUT2D eigenvalue weighted by Crippen LogP contribution is 2.18. The number of benzene rings is 1. The van der Waals surface area contributed by atoms with Crippen LogP contribution in [0.1, 0.15) is 17.3 Å². The standard InChI is InChI=1S/C14H11F3N4O3/c1-2-24-14(23)8(5-18-12-6-19-21-20-12)13(22)7-3-10(16)11(17)4-9(7)15/h3-6H,2H2,1H3,(H2,18,19,20,21). The van der Waals surface area contributed by atoms with Crippen molar-refractivity contribution < 1.29 is 27.5 Å². The third-order valence-corrected chi connectivity index (χ3v) is 2.78. The number of hydrogen-bond donors (Lipinski definition) is 2. The average molecular weight is 340 g/mol. The van der Waals surface area contributed by atoms with Gasteiger partial charge in [-0.05, 0) is 13.0 Å². The minimum atomic E-state index is -1.45. The van der Waals surface area contributed by atoms with Crippen LogP contribution in [0.5, 0.6) is 0 Å². The molecule has 1 aromatic heterocycles. The zero-order valence-corrected chi connectivity index (χ0v) is 12.3. The fourth-order valence-corrected chi connectivity index (χ4v) is 1.69. The number of aromatic amines is 1. The number of H-pyrrole nitrogens is 1. The second kappa shape index (κ2) is 7.40. The van der Waals surface area contributed by atoms with Crippen LogP contribution in [-0.4, -0.2) is 33.8 Å². The van der Waals surface area contributed by atoms with Crippen LogP contribution in [0.3, 0.4) is 0 Å². The maximum atomic E-state index is 13.7. The monoisotopic (exact) mass is 340 g/mol. The molecule has 0 bridgehead atoms. The number of nitrogens with zero attached hydrogens (tertiary/aromatic N) is 2. The number of carbonyl (C=O) groups is 2. The summed E-state index contributed by atoms with van der Waals surface area (Å²) in [6, 6.07) is 0.590. The molecule has 10 heteroatoms. The first-order valence-corrected chi connectivity index (χ1v) is 6.63. The molecule has 0 aliphatic heterocycles. The highest BCUT2D eigenvalue weighted by Gasteiger charge is 2.25. The van der Waals surface area contributed by atoms with E-state index in [2.05, 4.69) is 20.7 Å². The number of rotatable bonds is 6. The number of aromatic nitrogens is 3. The van der Waals surface area contributed by atoms with Gasteiger partial charge in [0.1, 0.15) is 11.4 Å². The van der Waals surface area contributed by atoms with E-state index in [1.54, 1.807) is 0 Å². The van der Waals surface area contributed by atoms with Gasteiger partial charge < -0.3 is 10.1 Å². The van der Waals surface area contributed by atoms with Crippen molar-refractivity contribution in [3.8, 4) is 0 Å². The molecule has 0 radical (unpaired) electrons. The Labute approximate surface area is 133 Å². The Kier molecular flexibility index (Phi) is 5.30. The van der Waals surface area contributed by atoms with Crippen LogP contribution in [0.15, 0.2) is 30.1 Å². The van der Waals surface area contributed by atoms with E-state index in [4.69, 9.17) is 4.74 Å². The summed E-state index contributed by atoms with van der Waals surface area (Å²) in [4.78, 5) is 24.2. The minimum Gasteiger partial charge on any atom is -0.462 e. The van der Waals surface area contributed by atoms with Gasteiger partial charge in [-0.1, -0.05) is 5.21 Å². The van der Waals surface area contributed by atoms with E-state index in [1.165, 1.54) is 13.1 Å². The smallest absolute Gasteiger partial charge is 0.343 e. The zero-order chi connectivity index (χ0) is 17.7. The van der Waals surface area contributed by atoms with Gasteiger partial charge in [-0.15, -0.1) is 5.10 Å². The molecule has 2 N–H and O–H groups in total. The van der Waals surface area contributed by atoms with E-state index < -0.39 is 40.3 Å². The molecule has 1 aromatic carbocycles. The Morgan fingerprint density at radius 2 is 1.96 bits per heavy atom. The summed E-state index contributed by atoms with van der Waals surface area (Å²) in [5, 5.41) is 11.8. The maximum absolute atomic E-state index is 13.7. The summed E-state index contributed by atoms with van der Waals surface area (Å²) in [7, 11) is 0. The van der Waals surface area contributed by atoms with Gasteiger partial charge >= 0.3 is 5.97 Å². The van der Waals surface area contributed by atoms with Crippen LogP contribution in [0.4, 0.5) is 19.0 Å². The van der Waals surface area contributed by atoms with E-state index >= 15 is 0 Å². The molecule has 1 heterocycles. The molecule has 0 fully saturated rings. The first-order chi connectivity index (χ1) is 11.4. The van der Waals surface area contributed by atoms with Crippen LogP contribution < -0.4 is 5.32 Å². The number of Topliss-reactive ketones (excluding diaryl/α,β-unsaturated/α-hetero) is 1. The number of esters is 1. The Morgan fingerprint density at radius 1 is 1.25 bits per heavy atom. The highest BCUT2D eigenvalue weighted by molar-refractivity contribution is 6.24. The molecule has 0 aliphatic rings. The molecule has 0 saturated heterocycles. The molecule has 7 nitrogen and oxygen atoms in total. The van der Waals surface area contributed by atoms with Gasteiger partial charge in [-0.2, -0.15) is 0 Å². The average Bonchev–Trinajstić information content (AvgIpc) is 3.04. The maximum Gasteiger partial charge on any atom is 0.343 e. The Morgan fingerprint density at radius 3 is 2.58 bits per heavy atom. The lowest BCUT2D eigenvalue weighted by molar-refractivity contribution is -0.138. The van der Waals surface area contributed by atoms with Crippen molar-refractivity contribution in [2.75, 3.05) is 11.9 Å². The lowest BCUT2D eigenvalue weighted by Gasteiger charge is -2.08. The molecule has 0 spiro atoms. The van der Waals surface area contributed by atoms with E-state index in [1.807, 2.05) is 0 Å². The van der Waals surface area contributed by atoms with Crippen LogP contribution in [-0.2, 0) is 9.53 Å². The molecule has 126 valence electrons. The number of anilines is 1. The van der Waals surface area contributed by atoms with Gasteiger partial charge in [0.15, 0.2) is 17.5 Å². The Hall–Kier alpha value is -3.17. The van der Waals surface area contributed by atoms with Crippen molar-refractivity contribution >= 4 is 17.6 Å².